The molecule has 7 heteroatoms. The van der Waals surface area contributed by atoms with E-state index in [0.29, 0.717) is 31.3 Å². The van der Waals surface area contributed by atoms with E-state index in [0.717, 1.165) is 16.5 Å². The smallest absolute Gasteiger partial charge is 0.252 e. The minimum Gasteiger partial charge on any atom is -0.374 e. The second kappa shape index (κ2) is 6.33. The Morgan fingerprint density at radius 3 is 3.04 bits per heavy atom. The highest BCUT2D eigenvalue weighted by Crippen LogP contribution is 2.29. The van der Waals surface area contributed by atoms with Gasteiger partial charge in [0.1, 0.15) is 6.04 Å². The molecule has 130 valence electrons. The molecule has 0 aliphatic carbocycles. The molecule has 1 amide bonds. The zero-order chi connectivity index (χ0) is 17.4. The molecule has 4 rings (SSSR count). The highest BCUT2D eigenvalue weighted by atomic mass is 16.5. The van der Waals surface area contributed by atoms with E-state index in [4.69, 9.17) is 9.26 Å². The van der Waals surface area contributed by atoms with Gasteiger partial charge in [-0.2, -0.15) is 4.98 Å². The van der Waals surface area contributed by atoms with Crippen molar-refractivity contribution in [2.45, 2.75) is 32.4 Å². The van der Waals surface area contributed by atoms with E-state index in [1.165, 1.54) is 0 Å². The standard InChI is InChI=1S/C18H20N4O3/c1-11-17(18-20-12(2)21-25-18)22(7-8-24-11)16(23)9-13-10-19-15-6-4-3-5-14(13)15/h3-6,10-11,17,19H,7-9H2,1-2H3/t11-,17+/m1/s1. The molecule has 1 saturated heterocycles. The summed E-state index contributed by atoms with van der Waals surface area (Å²) in [4.78, 5) is 22.3. The number of para-hydroxylation sites is 1. The molecule has 1 aromatic carbocycles. The number of nitrogens with zero attached hydrogens (tertiary/aromatic N) is 3. The van der Waals surface area contributed by atoms with Crippen molar-refractivity contribution >= 4 is 16.8 Å². The number of amides is 1. The molecule has 0 spiro atoms. The molecule has 1 fully saturated rings. The number of ether oxygens (including phenoxy) is 1. The second-order valence-corrected chi connectivity index (χ2v) is 6.32. The molecule has 1 N–H and O–H groups in total. The zero-order valence-electron chi connectivity index (χ0n) is 14.2. The molecule has 25 heavy (non-hydrogen) atoms. The van der Waals surface area contributed by atoms with Crippen molar-refractivity contribution in [3.8, 4) is 0 Å². The first kappa shape index (κ1) is 15.8. The molecule has 0 unspecified atom stereocenters. The maximum Gasteiger partial charge on any atom is 0.252 e. The van der Waals surface area contributed by atoms with E-state index < -0.39 is 0 Å². The van der Waals surface area contributed by atoms with Crippen LogP contribution in [0.3, 0.4) is 0 Å². The molecule has 3 heterocycles. The van der Waals surface area contributed by atoms with Crippen LogP contribution in [0.1, 0.15) is 30.2 Å². The molecule has 0 saturated carbocycles. The maximum atomic E-state index is 13.0. The van der Waals surface area contributed by atoms with Crippen LogP contribution in [-0.2, 0) is 16.0 Å². The summed E-state index contributed by atoms with van der Waals surface area (Å²) in [5.41, 5.74) is 2.02. The van der Waals surface area contributed by atoms with Crippen molar-refractivity contribution < 1.29 is 14.1 Å². The van der Waals surface area contributed by atoms with E-state index in [9.17, 15) is 4.79 Å². The first-order valence-corrected chi connectivity index (χ1v) is 8.40. The number of rotatable bonds is 3. The average molecular weight is 340 g/mol. The molecule has 1 aliphatic heterocycles. The number of nitrogens with one attached hydrogen (secondary N) is 1. The van der Waals surface area contributed by atoms with Gasteiger partial charge in [-0.3, -0.25) is 4.79 Å². The molecular formula is C18H20N4O3. The van der Waals surface area contributed by atoms with Gasteiger partial charge in [-0.05, 0) is 25.5 Å². The summed E-state index contributed by atoms with van der Waals surface area (Å²) in [6, 6.07) is 7.62. The number of hydrogen-bond acceptors (Lipinski definition) is 5. The Kier molecular flexibility index (Phi) is 4.01. The van der Waals surface area contributed by atoms with Gasteiger partial charge in [-0.25, -0.2) is 0 Å². The minimum atomic E-state index is -0.354. The van der Waals surface area contributed by atoms with Crippen LogP contribution in [0.4, 0.5) is 0 Å². The summed E-state index contributed by atoms with van der Waals surface area (Å²) in [5.74, 6) is 1.01. The number of hydrogen-bond donors (Lipinski definition) is 1. The molecule has 7 nitrogen and oxygen atoms in total. The molecule has 3 aromatic rings. The van der Waals surface area contributed by atoms with Gasteiger partial charge >= 0.3 is 0 Å². The number of benzene rings is 1. The summed E-state index contributed by atoms with van der Waals surface area (Å²) < 4.78 is 11.0. The van der Waals surface area contributed by atoms with Gasteiger partial charge in [-0.15, -0.1) is 0 Å². The van der Waals surface area contributed by atoms with Crippen molar-refractivity contribution in [2.24, 2.45) is 0 Å². The van der Waals surface area contributed by atoms with Gasteiger partial charge < -0.3 is 19.1 Å². The fourth-order valence-electron chi connectivity index (χ4n) is 3.41. The maximum absolute atomic E-state index is 13.0. The summed E-state index contributed by atoms with van der Waals surface area (Å²) in [6.07, 6.45) is 2.03. The topological polar surface area (TPSA) is 84.3 Å². The number of fused-ring (bicyclic) bond motifs is 1. The largest absolute Gasteiger partial charge is 0.374 e. The number of aryl methyl sites for hydroxylation is 1. The average Bonchev–Trinajstić information content (AvgIpc) is 3.21. The predicted octanol–water partition coefficient (Wildman–Crippen LogP) is 2.39. The first-order valence-electron chi connectivity index (χ1n) is 8.40. The molecule has 2 atom stereocenters. The van der Waals surface area contributed by atoms with E-state index in [1.54, 1.807) is 11.8 Å². The van der Waals surface area contributed by atoms with E-state index in [2.05, 4.69) is 15.1 Å². The van der Waals surface area contributed by atoms with Crippen LogP contribution in [0, 0.1) is 6.92 Å². The van der Waals surface area contributed by atoms with Crippen LogP contribution in [0.5, 0.6) is 0 Å². The van der Waals surface area contributed by atoms with Crippen LogP contribution < -0.4 is 0 Å². The van der Waals surface area contributed by atoms with E-state index in [1.807, 2.05) is 37.4 Å². The van der Waals surface area contributed by atoms with Crippen molar-refractivity contribution in [3.05, 3.63) is 47.7 Å². The number of H-pyrrole nitrogens is 1. The Bertz CT molecular complexity index is 901. The van der Waals surface area contributed by atoms with Crippen LogP contribution in [0.15, 0.2) is 35.0 Å². The SMILES string of the molecule is Cc1noc([C@@H]2[C@@H](C)OCCN2C(=O)Cc2c[nH]c3ccccc23)n1. The number of aromatic amines is 1. The fourth-order valence-corrected chi connectivity index (χ4v) is 3.41. The highest BCUT2D eigenvalue weighted by molar-refractivity contribution is 5.89. The minimum absolute atomic E-state index is 0.0285. The third kappa shape index (κ3) is 2.91. The monoisotopic (exact) mass is 340 g/mol. The Hall–Kier alpha value is -2.67. The fraction of sp³-hybridized carbons (Fsp3) is 0.389. The normalized spacial score (nSPS) is 21.0. The lowest BCUT2D eigenvalue weighted by atomic mass is 10.1. The van der Waals surface area contributed by atoms with Crippen LogP contribution in [-0.4, -0.2) is 45.2 Å². The Balaban J connectivity index is 1.61. The molecule has 1 aliphatic rings. The lowest BCUT2D eigenvalue weighted by Gasteiger charge is -2.37. The summed E-state index contributed by atoms with van der Waals surface area (Å²) >= 11 is 0. The van der Waals surface area contributed by atoms with Gasteiger partial charge in [-0.1, -0.05) is 23.4 Å². The Morgan fingerprint density at radius 1 is 1.40 bits per heavy atom. The lowest BCUT2D eigenvalue weighted by molar-refractivity contribution is -0.146. The van der Waals surface area contributed by atoms with Gasteiger partial charge in [0.05, 0.1) is 19.1 Å². The second-order valence-electron chi connectivity index (χ2n) is 6.32. The lowest BCUT2D eigenvalue weighted by Crippen LogP contribution is -2.47. The van der Waals surface area contributed by atoms with Crippen LogP contribution in [0.25, 0.3) is 10.9 Å². The van der Waals surface area contributed by atoms with Crippen LogP contribution >= 0.6 is 0 Å². The van der Waals surface area contributed by atoms with Crippen molar-refractivity contribution in [2.75, 3.05) is 13.2 Å². The van der Waals surface area contributed by atoms with Crippen molar-refractivity contribution in [1.82, 2.24) is 20.0 Å². The van der Waals surface area contributed by atoms with Crippen molar-refractivity contribution in [3.63, 3.8) is 0 Å². The van der Waals surface area contributed by atoms with Crippen molar-refractivity contribution in [1.29, 1.82) is 0 Å². The third-order valence-corrected chi connectivity index (χ3v) is 4.63. The third-order valence-electron chi connectivity index (χ3n) is 4.63. The molecular weight excluding hydrogens is 320 g/mol. The summed E-state index contributed by atoms with van der Waals surface area (Å²) in [7, 11) is 0. The highest BCUT2D eigenvalue weighted by Gasteiger charge is 2.37. The van der Waals surface area contributed by atoms with Gasteiger partial charge in [0.2, 0.25) is 5.91 Å². The number of aromatic nitrogens is 3. The molecule has 0 radical (unpaired) electrons. The Morgan fingerprint density at radius 2 is 2.24 bits per heavy atom. The predicted molar refractivity (Wildman–Crippen MR) is 90.9 cm³/mol. The summed E-state index contributed by atoms with van der Waals surface area (Å²) in [5, 5.41) is 4.92. The quantitative estimate of drug-likeness (QED) is 0.791. The summed E-state index contributed by atoms with van der Waals surface area (Å²) in [6.45, 7) is 4.71. The van der Waals surface area contributed by atoms with Gasteiger partial charge in [0.15, 0.2) is 5.82 Å². The Labute approximate surface area is 145 Å². The van der Waals surface area contributed by atoms with E-state index in [-0.39, 0.29) is 18.1 Å². The van der Waals surface area contributed by atoms with Gasteiger partial charge in [0.25, 0.3) is 5.89 Å². The van der Waals surface area contributed by atoms with Crippen LogP contribution in [0.2, 0.25) is 0 Å². The molecule has 2 aromatic heterocycles. The zero-order valence-corrected chi connectivity index (χ0v) is 14.2. The first-order chi connectivity index (χ1) is 12.1. The van der Waals surface area contributed by atoms with Gasteiger partial charge in [0, 0.05) is 23.6 Å². The number of morpholine rings is 1. The number of carbonyl (C=O) groups excluding carboxylic acids is 1. The number of carbonyl (C=O) groups is 1. The molecule has 0 bridgehead atoms. The van der Waals surface area contributed by atoms with E-state index >= 15 is 0 Å².